The van der Waals surface area contributed by atoms with Crippen LogP contribution in [0.1, 0.15) is 30.0 Å². The van der Waals surface area contributed by atoms with Gasteiger partial charge in [-0.25, -0.2) is 4.98 Å². The summed E-state index contributed by atoms with van der Waals surface area (Å²) < 4.78 is 11.0. The van der Waals surface area contributed by atoms with Gasteiger partial charge in [-0.3, -0.25) is 9.78 Å². The van der Waals surface area contributed by atoms with E-state index in [2.05, 4.69) is 9.97 Å². The van der Waals surface area contributed by atoms with Crippen LogP contribution in [0.3, 0.4) is 0 Å². The molecule has 0 radical (unpaired) electrons. The fraction of sp³-hybridized carbons (Fsp3) is 0.421. The number of benzene rings is 1. The molecule has 1 fully saturated rings. The summed E-state index contributed by atoms with van der Waals surface area (Å²) in [6.45, 7) is 3.50. The highest BCUT2D eigenvalue weighted by Crippen LogP contribution is 2.32. The Morgan fingerprint density at radius 3 is 2.96 bits per heavy atom. The second-order valence-corrected chi connectivity index (χ2v) is 6.28. The first-order valence-electron chi connectivity index (χ1n) is 8.49. The van der Waals surface area contributed by atoms with Gasteiger partial charge in [-0.1, -0.05) is 12.1 Å². The first-order chi connectivity index (χ1) is 12.2. The normalized spacial score (nSPS) is 17.4. The van der Waals surface area contributed by atoms with Crippen molar-refractivity contribution in [2.75, 3.05) is 26.8 Å². The molecular formula is C19H23N3O3. The summed E-state index contributed by atoms with van der Waals surface area (Å²) in [6.07, 6.45) is 5.19. The van der Waals surface area contributed by atoms with Crippen molar-refractivity contribution >= 4 is 5.91 Å². The number of piperidine rings is 1. The fourth-order valence-corrected chi connectivity index (χ4v) is 3.13. The lowest BCUT2D eigenvalue weighted by molar-refractivity contribution is -0.136. The number of hydrogen-bond acceptors (Lipinski definition) is 5. The minimum absolute atomic E-state index is 0.0113. The molecule has 1 aliphatic heterocycles. The molecule has 1 aromatic heterocycles. The lowest BCUT2D eigenvalue weighted by Crippen LogP contribution is -2.41. The third kappa shape index (κ3) is 4.33. The third-order valence-corrected chi connectivity index (χ3v) is 4.32. The summed E-state index contributed by atoms with van der Waals surface area (Å²) in [5.74, 6) is 1.38. The predicted molar refractivity (Wildman–Crippen MR) is 93.7 cm³/mol. The monoisotopic (exact) mass is 341 g/mol. The van der Waals surface area contributed by atoms with Gasteiger partial charge in [0.15, 0.2) is 0 Å². The second kappa shape index (κ2) is 8.07. The van der Waals surface area contributed by atoms with E-state index in [1.165, 1.54) is 7.11 Å². The van der Waals surface area contributed by atoms with E-state index in [4.69, 9.17) is 9.47 Å². The zero-order valence-electron chi connectivity index (χ0n) is 14.6. The summed E-state index contributed by atoms with van der Waals surface area (Å²) >= 11 is 0. The van der Waals surface area contributed by atoms with Crippen LogP contribution in [-0.2, 0) is 9.53 Å². The SMILES string of the molecule is COCC(=O)N1CCC[C@@H](c2nccnc2Oc2cccc(C)c2)C1. The number of aryl methyl sites for hydroxylation is 1. The summed E-state index contributed by atoms with van der Waals surface area (Å²) in [5, 5.41) is 0. The van der Waals surface area contributed by atoms with Crippen LogP contribution in [0.2, 0.25) is 0 Å². The van der Waals surface area contributed by atoms with Crippen molar-refractivity contribution in [2.45, 2.75) is 25.7 Å². The van der Waals surface area contributed by atoms with Crippen LogP contribution in [0.5, 0.6) is 11.6 Å². The van der Waals surface area contributed by atoms with Crippen molar-refractivity contribution in [2.24, 2.45) is 0 Å². The quantitative estimate of drug-likeness (QED) is 0.837. The zero-order valence-corrected chi connectivity index (χ0v) is 14.6. The molecule has 1 aromatic carbocycles. The van der Waals surface area contributed by atoms with E-state index < -0.39 is 0 Å². The van der Waals surface area contributed by atoms with Gasteiger partial charge in [-0.2, -0.15) is 0 Å². The Labute approximate surface area is 147 Å². The maximum absolute atomic E-state index is 12.1. The summed E-state index contributed by atoms with van der Waals surface area (Å²) in [7, 11) is 1.54. The Bertz CT molecular complexity index is 735. The van der Waals surface area contributed by atoms with Gasteiger partial charge in [-0.15, -0.1) is 0 Å². The first kappa shape index (κ1) is 17.4. The number of rotatable bonds is 5. The fourth-order valence-electron chi connectivity index (χ4n) is 3.13. The van der Waals surface area contributed by atoms with E-state index in [1.54, 1.807) is 12.4 Å². The Balaban J connectivity index is 1.79. The molecular weight excluding hydrogens is 318 g/mol. The van der Waals surface area contributed by atoms with Crippen LogP contribution in [-0.4, -0.2) is 47.6 Å². The van der Waals surface area contributed by atoms with Crippen molar-refractivity contribution in [1.82, 2.24) is 14.9 Å². The van der Waals surface area contributed by atoms with E-state index in [0.29, 0.717) is 12.4 Å². The molecule has 132 valence electrons. The Kier molecular flexibility index (Phi) is 5.60. The highest BCUT2D eigenvalue weighted by Gasteiger charge is 2.28. The molecule has 3 rings (SSSR count). The molecule has 0 spiro atoms. The van der Waals surface area contributed by atoms with Gasteiger partial charge in [0, 0.05) is 38.5 Å². The zero-order chi connectivity index (χ0) is 17.6. The highest BCUT2D eigenvalue weighted by atomic mass is 16.5. The summed E-state index contributed by atoms with van der Waals surface area (Å²) in [6, 6.07) is 7.84. The molecule has 1 aliphatic rings. The number of hydrogen-bond donors (Lipinski definition) is 0. The number of methoxy groups -OCH3 is 1. The standard InChI is InChI=1S/C19H23N3O3/c1-14-5-3-7-16(11-14)25-19-18(20-8-9-21-19)15-6-4-10-22(12-15)17(23)13-24-2/h3,5,7-9,11,15H,4,6,10,12-13H2,1-2H3/t15-/m1/s1. The lowest BCUT2D eigenvalue weighted by Gasteiger charge is -2.32. The molecule has 0 aliphatic carbocycles. The van der Waals surface area contributed by atoms with E-state index in [0.717, 1.165) is 36.4 Å². The molecule has 2 aromatic rings. The molecule has 0 N–H and O–H groups in total. The van der Waals surface area contributed by atoms with Gasteiger partial charge in [0.1, 0.15) is 18.1 Å². The minimum Gasteiger partial charge on any atom is -0.437 e. The summed E-state index contributed by atoms with van der Waals surface area (Å²) in [5.41, 5.74) is 1.93. The molecule has 6 heteroatoms. The number of nitrogens with zero attached hydrogens (tertiary/aromatic N) is 3. The smallest absolute Gasteiger partial charge is 0.248 e. The maximum atomic E-state index is 12.1. The molecule has 6 nitrogen and oxygen atoms in total. The number of carbonyl (C=O) groups excluding carboxylic acids is 1. The largest absolute Gasteiger partial charge is 0.437 e. The van der Waals surface area contributed by atoms with Crippen LogP contribution >= 0.6 is 0 Å². The molecule has 1 saturated heterocycles. The van der Waals surface area contributed by atoms with E-state index in [1.807, 2.05) is 36.1 Å². The predicted octanol–water partition coefficient (Wildman–Crippen LogP) is 2.93. The Morgan fingerprint density at radius 1 is 1.32 bits per heavy atom. The van der Waals surface area contributed by atoms with Gasteiger partial charge in [0.2, 0.25) is 11.8 Å². The van der Waals surface area contributed by atoms with Crippen molar-refractivity contribution < 1.29 is 14.3 Å². The molecule has 25 heavy (non-hydrogen) atoms. The highest BCUT2D eigenvalue weighted by molar-refractivity contribution is 5.77. The van der Waals surface area contributed by atoms with Crippen molar-refractivity contribution in [1.29, 1.82) is 0 Å². The van der Waals surface area contributed by atoms with Gasteiger partial charge >= 0.3 is 0 Å². The van der Waals surface area contributed by atoms with Gasteiger partial charge in [0.05, 0.1) is 0 Å². The maximum Gasteiger partial charge on any atom is 0.248 e. The Hall–Kier alpha value is -2.47. The Morgan fingerprint density at radius 2 is 2.16 bits per heavy atom. The van der Waals surface area contributed by atoms with E-state index in [9.17, 15) is 4.79 Å². The molecule has 0 saturated carbocycles. The van der Waals surface area contributed by atoms with Crippen molar-refractivity contribution in [3.63, 3.8) is 0 Å². The lowest BCUT2D eigenvalue weighted by atomic mass is 9.94. The molecule has 0 bridgehead atoms. The van der Waals surface area contributed by atoms with Crippen molar-refractivity contribution in [3.8, 4) is 11.6 Å². The van der Waals surface area contributed by atoms with E-state index >= 15 is 0 Å². The van der Waals surface area contributed by atoms with Crippen LogP contribution in [0.4, 0.5) is 0 Å². The van der Waals surface area contributed by atoms with Crippen LogP contribution < -0.4 is 4.74 Å². The minimum atomic E-state index is 0.0113. The summed E-state index contributed by atoms with van der Waals surface area (Å²) in [4.78, 5) is 22.8. The number of carbonyl (C=O) groups is 1. The average Bonchev–Trinajstić information content (AvgIpc) is 2.62. The van der Waals surface area contributed by atoms with E-state index in [-0.39, 0.29) is 18.4 Å². The number of ether oxygens (including phenoxy) is 2. The molecule has 1 atom stereocenters. The van der Waals surface area contributed by atoms with Crippen LogP contribution in [0.25, 0.3) is 0 Å². The average molecular weight is 341 g/mol. The third-order valence-electron chi connectivity index (χ3n) is 4.32. The molecule has 2 heterocycles. The number of likely N-dealkylation sites (tertiary alicyclic amines) is 1. The van der Waals surface area contributed by atoms with Crippen LogP contribution in [0, 0.1) is 6.92 Å². The van der Waals surface area contributed by atoms with Gasteiger partial charge < -0.3 is 14.4 Å². The molecule has 1 amide bonds. The molecule has 0 unspecified atom stereocenters. The number of amides is 1. The first-order valence-corrected chi connectivity index (χ1v) is 8.49. The van der Waals surface area contributed by atoms with Gasteiger partial charge in [-0.05, 0) is 37.5 Å². The topological polar surface area (TPSA) is 64.5 Å². The van der Waals surface area contributed by atoms with Crippen LogP contribution in [0.15, 0.2) is 36.7 Å². The number of aromatic nitrogens is 2. The van der Waals surface area contributed by atoms with Gasteiger partial charge in [0.25, 0.3) is 0 Å². The van der Waals surface area contributed by atoms with Crippen molar-refractivity contribution in [3.05, 3.63) is 47.9 Å². The second-order valence-electron chi connectivity index (χ2n) is 6.28.